The molecule has 0 heterocycles. The first-order valence-electron chi connectivity index (χ1n) is 8.01. The molecule has 2 aliphatic carbocycles. The lowest BCUT2D eigenvalue weighted by molar-refractivity contribution is -0.137. The van der Waals surface area contributed by atoms with Crippen molar-refractivity contribution >= 4 is 11.7 Å². The van der Waals surface area contributed by atoms with Gasteiger partial charge in [0, 0.05) is 24.3 Å². The molecule has 3 heteroatoms. The average molecular weight is 285 g/mol. The Morgan fingerprint density at radius 1 is 1.19 bits per heavy atom. The van der Waals surface area contributed by atoms with Gasteiger partial charge in [-0.3, -0.25) is 9.59 Å². The highest BCUT2D eigenvalue weighted by atomic mass is 16.2. The minimum Gasteiger partial charge on any atom is -0.352 e. The second kappa shape index (κ2) is 6.00. The van der Waals surface area contributed by atoms with Crippen LogP contribution in [-0.2, 0) is 16.1 Å². The van der Waals surface area contributed by atoms with Crippen LogP contribution in [0.15, 0.2) is 24.3 Å². The fraction of sp³-hybridized carbons (Fsp3) is 0.556. The second-order valence-electron chi connectivity index (χ2n) is 6.54. The first-order chi connectivity index (χ1) is 10.1. The van der Waals surface area contributed by atoms with Crippen molar-refractivity contribution in [3.63, 3.8) is 0 Å². The van der Waals surface area contributed by atoms with Gasteiger partial charge in [0.15, 0.2) is 0 Å². The molecule has 3 nitrogen and oxygen atoms in total. The maximum Gasteiger partial charge on any atom is 0.223 e. The molecule has 1 aromatic rings. The molecule has 2 unspecified atom stereocenters. The van der Waals surface area contributed by atoms with Crippen LogP contribution >= 0.6 is 0 Å². The maximum absolute atomic E-state index is 12.4. The van der Waals surface area contributed by atoms with E-state index in [2.05, 4.69) is 24.4 Å². The van der Waals surface area contributed by atoms with Crippen molar-refractivity contribution in [2.24, 2.45) is 17.8 Å². The Hall–Kier alpha value is -1.64. The highest BCUT2D eigenvalue weighted by Crippen LogP contribution is 2.40. The molecule has 0 aliphatic heterocycles. The summed E-state index contributed by atoms with van der Waals surface area (Å²) in [6, 6.07) is 8.12. The van der Waals surface area contributed by atoms with Crippen LogP contribution in [0.3, 0.4) is 0 Å². The van der Waals surface area contributed by atoms with E-state index >= 15 is 0 Å². The van der Waals surface area contributed by atoms with E-state index in [9.17, 15) is 9.59 Å². The Kier molecular flexibility index (Phi) is 4.09. The Bertz CT molecular complexity index is 536. The molecule has 0 spiro atoms. The lowest BCUT2D eigenvalue weighted by Crippen LogP contribution is -2.42. The van der Waals surface area contributed by atoms with E-state index in [0.717, 1.165) is 37.7 Å². The Labute approximate surface area is 126 Å². The number of hydrogen-bond acceptors (Lipinski definition) is 2. The third kappa shape index (κ3) is 3.02. The number of benzene rings is 1. The highest BCUT2D eigenvalue weighted by molar-refractivity contribution is 5.88. The predicted molar refractivity (Wildman–Crippen MR) is 81.6 cm³/mol. The quantitative estimate of drug-likeness (QED) is 0.928. The summed E-state index contributed by atoms with van der Waals surface area (Å²) >= 11 is 0. The highest BCUT2D eigenvalue weighted by Gasteiger charge is 2.41. The molecule has 2 atom stereocenters. The molecule has 0 saturated heterocycles. The van der Waals surface area contributed by atoms with Crippen LogP contribution in [0.2, 0.25) is 0 Å². The third-order valence-electron chi connectivity index (χ3n) is 5.13. The minimum atomic E-state index is 0.0296. The predicted octanol–water partition coefficient (Wildman–Crippen LogP) is 3.01. The number of carbonyl (C=O) groups excluding carboxylic acids is 2. The third-order valence-corrected chi connectivity index (χ3v) is 5.13. The summed E-state index contributed by atoms with van der Waals surface area (Å²) in [4.78, 5) is 24.5. The summed E-state index contributed by atoms with van der Waals surface area (Å²) in [6.45, 7) is 2.65. The van der Waals surface area contributed by atoms with E-state index in [1.165, 1.54) is 5.56 Å². The summed E-state index contributed by atoms with van der Waals surface area (Å²) in [5, 5.41) is 3.06. The molecule has 112 valence electrons. The van der Waals surface area contributed by atoms with Gasteiger partial charge in [0.05, 0.1) is 0 Å². The number of fused-ring (bicyclic) bond motifs is 2. The number of rotatable bonds is 3. The molecule has 2 fully saturated rings. The van der Waals surface area contributed by atoms with Gasteiger partial charge >= 0.3 is 0 Å². The standard InChI is InChI=1S/C18H23NO2/c1-12-5-2-3-6-15(12)11-19-18(21)16-9-13-7-4-8-14(10-16)17(13)20/h2-3,5-6,13-14,16H,4,7-11H2,1H3,(H,19,21). The molecule has 0 radical (unpaired) electrons. The zero-order valence-electron chi connectivity index (χ0n) is 12.6. The number of hydrogen-bond donors (Lipinski definition) is 1. The molecule has 1 aromatic carbocycles. The molecule has 0 aromatic heterocycles. The first-order valence-corrected chi connectivity index (χ1v) is 8.01. The van der Waals surface area contributed by atoms with Crippen LogP contribution in [0, 0.1) is 24.7 Å². The number of amides is 1. The van der Waals surface area contributed by atoms with Gasteiger partial charge in [0.1, 0.15) is 5.78 Å². The first kappa shape index (κ1) is 14.3. The number of ketones is 1. The summed E-state index contributed by atoms with van der Waals surface area (Å²) in [6.07, 6.45) is 4.64. The summed E-state index contributed by atoms with van der Waals surface area (Å²) in [5.41, 5.74) is 2.37. The zero-order chi connectivity index (χ0) is 14.8. The molecule has 3 rings (SSSR count). The molecule has 21 heavy (non-hydrogen) atoms. The van der Waals surface area contributed by atoms with Crippen molar-refractivity contribution in [1.29, 1.82) is 0 Å². The molecular formula is C18H23NO2. The van der Waals surface area contributed by atoms with Crippen molar-refractivity contribution < 1.29 is 9.59 Å². The number of Topliss-reactive ketones (excluding diaryl/α,β-unsaturated/α-hetero) is 1. The Morgan fingerprint density at radius 2 is 1.86 bits per heavy atom. The SMILES string of the molecule is Cc1ccccc1CNC(=O)C1CC2CCCC(C1)C2=O. The van der Waals surface area contributed by atoms with Crippen LogP contribution in [0.5, 0.6) is 0 Å². The largest absolute Gasteiger partial charge is 0.352 e. The van der Waals surface area contributed by atoms with E-state index in [4.69, 9.17) is 0 Å². The second-order valence-corrected chi connectivity index (χ2v) is 6.54. The minimum absolute atomic E-state index is 0.0296. The van der Waals surface area contributed by atoms with Crippen molar-refractivity contribution in [2.45, 2.75) is 45.6 Å². The van der Waals surface area contributed by atoms with Gasteiger partial charge < -0.3 is 5.32 Å². The van der Waals surface area contributed by atoms with Crippen molar-refractivity contribution in [1.82, 2.24) is 5.32 Å². The van der Waals surface area contributed by atoms with E-state index in [1.807, 2.05) is 12.1 Å². The summed E-state index contributed by atoms with van der Waals surface area (Å²) in [7, 11) is 0. The smallest absolute Gasteiger partial charge is 0.223 e. The van der Waals surface area contributed by atoms with Crippen LogP contribution in [0.4, 0.5) is 0 Å². The normalized spacial score (nSPS) is 28.2. The number of carbonyl (C=O) groups is 2. The van der Waals surface area contributed by atoms with Crippen LogP contribution < -0.4 is 5.32 Å². The van der Waals surface area contributed by atoms with Gasteiger partial charge in [-0.2, -0.15) is 0 Å². The Balaban J connectivity index is 1.59. The lowest BCUT2D eigenvalue weighted by atomic mass is 9.67. The van der Waals surface area contributed by atoms with Gasteiger partial charge in [-0.15, -0.1) is 0 Å². The van der Waals surface area contributed by atoms with E-state index in [1.54, 1.807) is 0 Å². The van der Waals surface area contributed by atoms with Gasteiger partial charge in [-0.05, 0) is 43.7 Å². The van der Waals surface area contributed by atoms with E-state index < -0.39 is 0 Å². The van der Waals surface area contributed by atoms with Crippen molar-refractivity contribution in [3.8, 4) is 0 Å². The number of aryl methyl sites for hydroxylation is 1. The van der Waals surface area contributed by atoms with Gasteiger partial charge in [0.25, 0.3) is 0 Å². The van der Waals surface area contributed by atoms with Crippen molar-refractivity contribution in [2.75, 3.05) is 0 Å². The molecule has 1 N–H and O–H groups in total. The molecular weight excluding hydrogens is 262 g/mol. The van der Waals surface area contributed by atoms with Crippen LogP contribution in [0.25, 0.3) is 0 Å². The van der Waals surface area contributed by atoms with Gasteiger partial charge in [-0.25, -0.2) is 0 Å². The molecule has 1 amide bonds. The van der Waals surface area contributed by atoms with Gasteiger partial charge in [0.2, 0.25) is 5.91 Å². The topological polar surface area (TPSA) is 46.2 Å². The fourth-order valence-electron chi connectivity index (χ4n) is 3.83. The van der Waals surface area contributed by atoms with E-state index in [0.29, 0.717) is 12.3 Å². The van der Waals surface area contributed by atoms with Crippen molar-refractivity contribution in [3.05, 3.63) is 35.4 Å². The van der Waals surface area contributed by atoms with E-state index in [-0.39, 0.29) is 23.7 Å². The zero-order valence-corrected chi connectivity index (χ0v) is 12.6. The fourth-order valence-corrected chi connectivity index (χ4v) is 3.83. The Morgan fingerprint density at radius 3 is 2.52 bits per heavy atom. The van der Waals surface area contributed by atoms with Gasteiger partial charge in [-0.1, -0.05) is 30.7 Å². The van der Waals surface area contributed by atoms with Crippen LogP contribution in [0.1, 0.15) is 43.2 Å². The monoisotopic (exact) mass is 285 g/mol. The average Bonchev–Trinajstić information content (AvgIpc) is 2.46. The number of nitrogens with one attached hydrogen (secondary N) is 1. The molecule has 2 aliphatic rings. The molecule has 2 bridgehead atoms. The lowest BCUT2D eigenvalue weighted by Gasteiger charge is -2.37. The summed E-state index contributed by atoms with van der Waals surface area (Å²) in [5.74, 6) is 0.868. The summed E-state index contributed by atoms with van der Waals surface area (Å²) < 4.78 is 0. The maximum atomic E-state index is 12.4. The van der Waals surface area contributed by atoms with Crippen LogP contribution in [-0.4, -0.2) is 11.7 Å². The molecule has 2 saturated carbocycles.